The molecule has 1 aliphatic heterocycles. The topological polar surface area (TPSA) is 100 Å². The zero-order valence-electron chi connectivity index (χ0n) is 12.9. The molecule has 1 aliphatic rings. The van der Waals surface area contributed by atoms with Gasteiger partial charge in [0.1, 0.15) is 0 Å². The highest BCUT2D eigenvalue weighted by Crippen LogP contribution is 2.42. The number of carbonyl (C=O) groups excluding carboxylic acids is 3. The van der Waals surface area contributed by atoms with Crippen molar-refractivity contribution in [2.75, 3.05) is 18.5 Å². The van der Waals surface area contributed by atoms with Gasteiger partial charge < -0.3 is 24.3 Å². The smallest absolute Gasteiger partial charge is 0.463 e. The fourth-order valence-corrected chi connectivity index (χ4v) is 1.74. The van der Waals surface area contributed by atoms with Gasteiger partial charge in [0.15, 0.2) is 18.1 Å². The molecule has 0 aromatic heterocycles. The Morgan fingerprint density at radius 2 is 1.76 bits per heavy atom. The molecule has 134 valence electrons. The fourth-order valence-electron chi connectivity index (χ4n) is 1.74. The van der Waals surface area contributed by atoms with Crippen molar-refractivity contribution in [2.24, 2.45) is 0 Å². The Bertz CT molecular complexity index is 718. The van der Waals surface area contributed by atoms with Crippen molar-refractivity contribution in [1.82, 2.24) is 0 Å². The zero-order chi connectivity index (χ0) is 18.4. The van der Waals surface area contributed by atoms with Gasteiger partial charge in [0, 0.05) is 23.9 Å². The molecule has 2 rings (SSSR count). The third kappa shape index (κ3) is 5.44. The Balaban J connectivity index is 1.81. The average Bonchev–Trinajstić information content (AvgIpc) is 2.84. The molecule has 0 atom stereocenters. The summed E-state index contributed by atoms with van der Waals surface area (Å²) in [6.45, 7) is 1.12. The molecular weight excluding hydrogens is 344 g/mol. The number of anilines is 1. The number of halogens is 2. The Kier molecular flexibility index (Phi) is 5.52. The van der Waals surface area contributed by atoms with Crippen LogP contribution in [0.4, 0.5) is 14.5 Å². The molecule has 1 aromatic carbocycles. The highest BCUT2D eigenvalue weighted by Gasteiger charge is 2.43. The van der Waals surface area contributed by atoms with Gasteiger partial charge in [0.2, 0.25) is 0 Å². The van der Waals surface area contributed by atoms with Gasteiger partial charge in [-0.05, 0) is 19.1 Å². The van der Waals surface area contributed by atoms with Crippen LogP contribution in [-0.4, -0.2) is 37.4 Å². The Labute approximate surface area is 140 Å². The second-order valence-corrected chi connectivity index (χ2v) is 4.57. The van der Waals surface area contributed by atoms with E-state index in [1.165, 1.54) is 12.1 Å². The summed E-state index contributed by atoms with van der Waals surface area (Å²) in [4.78, 5) is 34.0. The van der Waals surface area contributed by atoms with Crippen LogP contribution in [0, 0.1) is 0 Å². The molecule has 25 heavy (non-hydrogen) atoms. The van der Waals surface area contributed by atoms with Crippen LogP contribution in [0.2, 0.25) is 0 Å². The largest absolute Gasteiger partial charge is 0.586 e. The molecular formula is C15H13F2NO7. The van der Waals surface area contributed by atoms with Crippen LogP contribution in [-0.2, 0) is 23.9 Å². The number of benzene rings is 1. The van der Waals surface area contributed by atoms with Crippen molar-refractivity contribution in [3.63, 3.8) is 0 Å². The van der Waals surface area contributed by atoms with Crippen molar-refractivity contribution in [3.05, 3.63) is 30.4 Å². The number of amides is 1. The number of alkyl halides is 2. The predicted octanol–water partition coefficient (Wildman–Crippen LogP) is 1.61. The molecule has 0 aliphatic carbocycles. The Morgan fingerprint density at radius 3 is 2.44 bits per heavy atom. The third-order valence-electron chi connectivity index (χ3n) is 2.67. The van der Waals surface area contributed by atoms with E-state index in [0.717, 1.165) is 18.2 Å². The van der Waals surface area contributed by atoms with Gasteiger partial charge in [-0.3, -0.25) is 4.79 Å². The van der Waals surface area contributed by atoms with Crippen molar-refractivity contribution in [2.45, 2.75) is 13.2 Å². The summed E-state index contributed by atoms with van der Waals surface area (Å²) in [7, 11) is 0. The van der Waals surface area contributed by atoms with Crippen LogP contribution in [0.15, 0.2) is 30.4 Å². The lowest BCUT2D eigenvalue weighted by atomic mass is 10.3. The monoisotopic (exact) mass is 357 g/mol. The maximum Gasteiger partial charge on any atom is 0.586 e. The molecule has 1 heterocycles. The highest BCUT2D eigenvalue weighted by atomic mass is 19.3. The number of hydrogen-bond donors (Lipinski definition) is 1. The van der Waals surface area contributed by atoms with Crippen molar-refractivity contribution in [3.8, 4) is 11.5 Å². The molecule has 10 heteroatoms. The molecule has 0 radical (unpaired) electrons. The minimum Gasteiger partial charge on any atom is -0.463 e. The summed E-state index contributed by atoms with van der Waals surface area (Å²) in [5, 5.41) is 2.33. The molecule has 0 saturated carbocycles. The van der Waals surface area contributed by atoms with E-state index >= 15 is 0 Å². The van der Waals surface area contributed by atoms with Crippen molar-refractivity contribution < 1.29 is 42.1 Å². The summed E-state index contributed by atoms with van der Waals surface area (Å²) in [5.74, 6) is -2.77. The lowest BCUT2D eigenvalue weighted by Crippen LogP contribution is -2.25. The van der Waals surface area contributed by atoms with Crippen molar-refractivity contribution in [1.29, 1.82) is 0 Å². The molecule has 1 amide bonds. The van der Waals surface area contributed by atoms with Crippen LogP contribution in [0.5, 0.6) is 11.5 Å². The van der Waals surface area contributed by atoms with E-state index in [-0.39, 0.29) is 23.8 Å². The van der Waals surface area contributed by atoms with Gasteiger partial charge in [-0.25, -0.2) is 9.59 Å². The molecule has 0 spiro atoms. The highest BCUT2D eigenvalue weighted by molar-refractivity contribution is 5.95. The minimum atomic E-state index is -3.76. The summed E-state index contributed by atoms with van der Waals surface area (Å²) in [6, 6.07) is 3.64. The quantitative estimate of drug-likeness (QED) is 0.610. The second-order valence-electron chi connectivity index (χ2n) is 4.57. The number of fused-ring (bicyclic) bond motifs is 1. The van der Waals surface area contributed by atoms with Crippen LogP contribution in [0.1, 0.15) is 6.92 Å². The SMILES string of the molecule is CCOC(=O)/C=C/C(=O)OCC(=O)Nc1ccc2c(c1)OC(F)(F)O2. The maximum atomic E-state index is 12.9. The minimum absolute atomic E-state index is 0.142. The summed E-state index contributed by atoms with van der Waals surface area (Å²) >= 11 is 0. The van der Waals surface area contributed by atoms with E-state index in [2.05, 4.69) is 24.3 Å². The second kappa shape index (κ2) is 7.60. The number of ether oxygens (including phenoxy) is 4. The standard InChI is InChI=1S/C15H13F2NO7/c1-2-22-13(20)5-6-14(21)23-8-12(19)18-9-3-4-10-11(7-9)25-15(16,17)24-10/h3-7H,2,8H2,1H3,(H,18,19)/b6-5+. The van der Waals surface area contributed by atoms with E-state index in [9.17, 15) is 23.2 Å². The normalized spacial score (nSPS) is 14.2. The molecule has 1 aromatic rings. The average molecular weight is 357 g/mol. The van der Waals surface area contributed by atoms with E-state index < -0.39 is 30.7 Å². The Morgan fingerprint density at radius 1 is 1.12 bits per heavy atom. The van der Waals surface area contributed by atoms with Gasteiger partial charge in [-0.2, -0.15) is 0 Å². The number of carbonyl (C=O) groups is 3. The number of rotatable bonds is 6. The first kappa shape index (κ1) is 18.2. The summed E-state index contributed by atoms with van der Waals surface area (Å²) < 4.78 is 43.4. The Hall–Kier alpha value is -3.17. The van der Waals surface area contributed by atoms with Gasteiger partial charge in [0.25, 0.3) is 5.91 Å². The van der Waals surface area contributed by atoms with Crippen LogP contribution in [0.3, 0.4) is 0 Å². The molecule has 1 N–H and O–H groups in total. The van der Waals surface area contributed by atoms with E-state index in [1.54, 1.807) is 6.92 Å². The van der Waals surface area contributed by atoms with Gasteiger partial charge in [0.05, 0.1) is 6.61 Å². The summed E-state index contributed by atoms with van der Waals surface area (Å²) in [5.41, 5.74) is 0.142. The lowest BCUT2D eigenvalue weighted by molar-refractivity contribution is -0.286. The van der Waals surface area contributed by atoms with E-state index in [1.807, 2.05) is 0 Å². The summed E-state index contributed by atoms with van der Waals surface area (Å²) in [6.07, 6.45) is -2.08. The third-order valence-corrected chi connectivity index (χ3v) is 2.67. The van der Waals surface area contributed by atoms with Gasteiger partial charge >= 0.3 is 18.2 Å². The predicted molar refractivity (Wildman–Crippen MR) is 78.0 cm³/mol. The first-order valence-corrected chi connectivity index (χ1v) is 7.00. The van der Waals surface area contributed by atoms with Gasteiger partial charge in [-0.1, -0.05) is 0 Å². The number of esters is 2. The van der Waals surface area contributed by atoms with E-state index in [0.29, 0.717) is 0 Å². The van der Waals surface area contributed by atoms with E-state index in [4.69, 9.17) is 0 Å². The van der Waals surface area contributed by atoms with Crippen molar-refractivity contribution >= 4 is 23.5 Å². The van der Waals surface area contributed by atoms with Gasteiger partial charge in [-0.15, -0.1) is 8.78 Å². The number of hydrogen-bond acceptors (Lipinski definition) is 7. The molecule has 0 bridgehead atoms. The lowest BCUT2D eigenvalue weighted by Gasteiger charge is -2.06. The molecule has 0 fully saturated rings. The maximum absolute atomic E-state index is 12.9. The number of nitrogens with one attached hydrogen (secondary N) is 1. The molecule has 8 nitrogen and oxygen atoms in total. The van der Waals surface area contributed by atoms with Crippen LogP contribution in [0.25, 0.3) is 0 Å². The molecule has 0 unspecified atom stereocenters. The van der Waals surface area contributed by atoms with Crippen LogP contribution < -0.4 is 14.8 Å². The van der Waals surface area contributed by atoms with Crippen LogP contribution >= 0.6 is 0 Å². The fraction of sp³-hybridized carbons (Fsp3) is 0.267. The molecule has 0 saturated heterocycles. The first-order valence-electron chi connectivity index (χ1n) is 7.00. The first-order chi connectivity index (χ1) is 11.8. The zero-order valence-corrected chi connectivity index (χ0v) is 12.9.